The molecule has 0 aromatic heterocycles. The van der Waals surface area contributed by atoms with Gasteiger partial charge in [-0.2, -0.15) is 0 Å². The van der Waals surface area contributed by atoms with E-state index in [1.807, 2.05) is 19.9 Å². The predicted molar refractivity (Wildman–Crippen MR) is 88.6 cm³/mol. The molecule has 22 heavy (non-hydrogen) atoms. The highest BCUT2D eigenvalue weighted by molar-refractivity contribution is 5.82. The summed E-state index contributed by atoms with van der Waals surface area (Å²) in [5, 5.41) is 2.54. The number of alkyl carbamates (subject to hydrolysis) is 1. The van der Waals surface area contributed by atoms with Crippen molar-refractivity contribution in [2.24, 2.45) is 0 Å². The van der Waals surface area contributed by atoms with E-state index in [1.165, 1.54) is 0 Å². The highest BCUT2D eigenvalue weighted by Crippen LogP contribution is 2.16. The van der Waals surface area contributed by atoms with E-state index in [9.17, 15) is 9.59 Å². The van der Waals surface area contributed by atoms with Gasteiger partial charge in [-0.1, -0.05) is 44.2 Å². The zero-order chi connectivity index (χ0) is 17.2. The second-order valence-corrected chi connectivity index (χ2v) is 5.24. The van der Waals surface area contributed by atoms with E-state index in [1.54, 1.807) is 52.0 Å². The Morgan fingerprint density at radius 1 is 1.18 bits per heavy atom. The number of rotatable bonds is 4. The Hall–Kier alpha value is -2.04. The molecule has 0 fully saturated rings. The standard InChI is InChI=1S/C15H21NO4.C2H6.H2/c1-5-19-13(17)12(11-9-7-6-8-10-11)16-14(18)20-15(2,3)4;1-2;/h6-10,12H,5H2,1-4H3,(H,16,18);1-2H3;1H. The predicted octanol–water partition coefficient (Wildman–Crippen LogP) is 4.09. The van der Waals surface area contributed by atoms with Crippen LogP contribution in [0.1, 0.15) is 54.6 Å². The monoisotopic (exact) mass is 311 g/mol. The Morgan fingerprint density at radius 3 is 2.18 bits per heavy atom. The summed E-state index contributed by atoms with van der Waals surface area (Å²) in [4.78, 5) is 23.8. The van der Waals surface area contributed by atoms with Crippen LogP contribution >= 0.6 is 0 Å². The van der Waals surface area contributed by atoms with Crippen molar-refractivity contribution in [3.8, 4) is 0 Å². The van der Waals surface area contributed by atoms with E-state index in [2.05, 4.69) is 5.32 Å². The Balaban J connectivity index is 0. The van der Waals surface area contributed by atoms with Crippen molar-refractivity contribution in [2.45, 2.75) is 53.2 Å². The fourth-order valence-electron chi connectivity index (χ4n) is 1.57. The Kier molecular flexibility index (Phi) is 8.91. The molecule has 5 nitrogen and oxygen atoms in total. The average Bonchev–Trinajstić information content (AvgIpc) is 2.46. The number of nitrogens with one attached hydrogen (secondary N) is 1. The van der Waals surface area contributed by atoms with Crippen molar-refractivity contribution in [3.63, 3.8) is 0 Å². The fraction of sp³-hybridized carbons (Fsp3) is 0.529. The minimum Gasteiger partial charge on any atom is -0.464 e. The maximum atomic E-state index is 12.0. The van der Waals surface area contributed by atoms with Crippen LogP contribution in [-0.2, 0) is 14.3 Å². The third kappa shape index (κ3) is 7.67. The molecule has 0 saturated heterocycles. The molecule has 1 aromatic rings. The molecule has 0 heterocycles. The van der Waals surface area contributed by atoms with Gasteiger partial charge >= 0.3 is 12.1 Å². The van der Waals surface area contributed by atoms with E-state index in [0.717, 1.165) is 0 Å². The lowest BCUT2D eigenvalue weighted by molar-refractivity contribution is -0.145. The molecule has 1 N–H and O–H groups in total. The summed E-state index contributed by atoms with van der Waals surface area (Å²) in [6.45, 7) is 11.2. The number of hydrogen-bond acceptors (Lipinski definition) is 4. The highest BCUT2D eigenvalue weighted by Gasteiger charge is 2.26. The second kappa shape index (κ2) is 9.82. The molecule has 0 radical (unpaired) electrons. The summed E-state index contributed by atoms with van der Waals surface area (Å²) in [5.41, 5.74) is 0.0248. The maximum Gasteiger partial charge on any atom is 0.408 e. The number of ether oxygens (including phenoxy) is 2. The van der Waals surface area contributed by atoms with E-state index in [4.69, 9.17) is 9.47 Å². The van der Waals surface area contributed by atoms with Gasteiger partial charge in [0.2, 0.25) is 0 Å². The third-order valence-electron chi connectivity index (χ3n) is 2.32. The van der Waals surface area contributed by atoms with E-state index >= 15 is 0 Å². The van der Waals surface area contributed by atoms with Gasteiger partial charge in [0.05, 0.1) is 6.61 Å². The van der Waals surface area contributed by atoms with Crippen molar-refractivity contribution in [1.82, 2.24) is 5.32 Å². The molecule has 1 unspecified atom stereocenters. The van der Waals surface area contributed by atoms with Gasteiger partial charge < -0.3 is 14.8 Å². The lowest BCUT2D eigenvalue weighted by Gasteiger charge is -2.23. The molecular formula is C17H29NO4. The summed E-state index contributed by atoms with van der Waals surface area (Å²) in [6.07, 6.45) is -0.653. The van der Waals surface area contributed by atoms with E-state index < -0.39 is 23.7 Å². The molecule has 1 aromatic carbocycles. The molecule has 5 heteroatoms. The molecule has 1 atom stereocenters. The van der Waals surface area contributed by atoms with Gasteiger partial charge in [0, 0.05) is 1.43 Å². The number of carbonyl (C=O) groups is 2. The fourth-order valence-corrected chi connectivity index (χ4v) is 1.57. The van der Waals surface area contributed by atoms with Crippen LogP contribution in [0, 0.1) is 0 Å². The first-order valence-electron chi connectivity index (χ1n) is 7.54. The van der Waals surface area contributed by atoms with Gasteiger partial charge in [-0.25, -0.2) is 9.59 Å². The number of carbonyl (C=O) groups excluding carboxylic acids is 2. The van der Waals surface area contributed by atoms with Crippen LogP contribution in [0.25, 0.3) is 0 Å². The number of esters is 1. The largest absolute Gasteiger partial charge is 0.464 e. The van der Waals surface area contributed by atoms with Crippen molar-refractivity contribution in [1.29, 1.82) is 0 Å². The molecule has 0 aliphatic rings. The summed E-state index contributed by atoms with van der Waals surface area (Å²) < 4.78 is 10.1. The molecule has 1 amide bonds. The highest BCUT2D eigenvalue weighted by atomic mass is 16.6. The normalized spacial score (nSPS) is 11.5. The number of benzene rings is 1. The molecule has 1 rings (SSSR count). The lowest BCUT2D eigenvalue weighted by Crippen LogP contribution is -2.38. The smallest absolute Gasteiger partial charge is 0.408 e. The molecular weight excluding hydrogens is 282 g/mol. The van der Waals surface area contributed by atoms with Crippen LogP contribution in [0.3, 0.4) is 0 Å². The molecule has 0 saturated carbocycles. The zero-order valence-corrected chi connectivity index (χ0v) is 14.3. The van der Waals surface area contributed by atoms with Gasteiger partial charge in [0.15, 0.2) is 6.04 Å². The Bertz CT molecular complexity index is 457. The molecule has 0 aliphatic carbocycles. The van der Waals surface area contributed by atoms with E-state index in [-0.39, 0.29) is 8.03 Å². The third-order valence-corrected chi connectivity index (χ3v) is 2.32. The molecule has 0 spiro atoms. The minimum atomic E-state index is -0.869. The van der Waals surface area contributed by atoms with Crippen LogP contribution in [0.15, 0.2) is 30.3 Å². The van der Waals surface area contributed by atoms with Gasteiger partial charge in [-0.05, 0) is 33.3 Å². The van der Waals surface area contributed by atoms with Crippen LogP contribution in [0.4, 0.5) is 4.79 Å². The van der Waals surface area contributed by atoms with E-state index in [0.29, 0.717) is 5.56 Å². The first-order chi connectivity index (χ1) is 10.3. The zero-order valence-electron chi connectivity index (χ0n) is 14.3. The van der Waals surface area contributed by atoms with Gasteiger partial charge in [0.1, 0.15) is 5.60 Å². The molecule has 126 valence electrons. The Labute approximate surface area is 134 Å². The summed E-state index contributed by atoms with van der Waals surface area (Å²) in [5.74, 6) is -0.510. The lowest BCUT2D eigenvalue weighted by atomic mass is 10.1. The summed E-state index contributed by atoms with van der Waals surface area (Å²) >= 11 is 0. The van der Waals surface area contributed by atoms with Gasteiger partial charge in [0.25, 0.3) is 0 Å². The maximum absolute atomic E-state index is 12.0. The molecule has 0 bridgehead atoms. The SMILES string of the molecule is CC.CCOC(=O)C(NC(=O)OC(C)(C)C)c1ccccc1.[HH]. The van der Waals surface area contributed by atoms with Crippen molar-refractivity contribution in [3.05, 3.63) is 35.9 Å². The number of hydrogen-bond donors (Lipinski definition) is 1. The average molecular weight is 311 g/mol. The van der Waals surface area contributed by atoms with Crippen molar-refractivity contribution < 1.29 is 20.5 Å². The minimum absolute atomic E-state index is 0. The molecule has 0 aliphatic heterocycles. The summed E-state index contributed by atoms with van der Waals surface area (Å²) in [7, 11) is 0. The van der Waals surface area contributed by atoms with Gasteiger partial charge in [-0.15, -0.1) is 0 Å². The number of amides is 1. The van der Waals surface area contributed by atoms with Gasteiger partial charge in [-0.3, -0.25) is 0 Å². The van der Waals surface area contributed by atoms with Crippen LogP contribution in [0.2, 0.25) is 0 Å². The van der Waals surface area contributed by atoms with Crippen molar-refractivity contribution in [2.75, 3.05) is 6.61 Å². The first-order valence-corrected chi connectivity index (χ1v) is 7.54. The second-order valence-electron chi connectivity index (χ2n) is 5.24. The quantitative estimate of drug-likeness (QED) is 0.851. The van der Waals surface area contributed by atoms with Crippen molar-refractivity contribution >= 4 is 12.1 Å². The topological polar surface area (TPSA) is 64.6 Å². The first kappa shape index (κ1) is 20.0. The van der Waals surface area contributed by atoms with Crippen LogP contribution in [-0.4, -0.2) is 24.3 Å². The van der Waals surface area contributed by atoms with Crippen LogP contribution in [0.5, 0.6) is 0 Å². The summed E-state index contributed by atoms with van der Waals surface area (Å²) in [6, 6.07) is 8.04. The van der Waals surface area contributed by atoms with Crippen LogP contribution < -0.4 is 5.32 Å². The Morgan fingerprint density at radius 2 is 1.73 bits per heavy atom.